The molecule has 2 heterocycles. The summed E-state index contributed by atoms with van der Waals surface area (Å²) in [6.45, 7) is 2.73. The second-order valence-electron chi connectivity index (χ2n) is 7.52. The molecule has 30 heavy (non-hydrogen) atoms. The molecule has 0 aliphatic carbocycles. The Morgan fingerprint density at radius 3 is 2.80 bits per heavy atom. The first kappa shape index (κ1) is 20.0. The van der Waals surface area contributed by atoms with Crippen molar-refractivity contribution in [2.45, 2.75) is 25.8 Å². The lowest BCUT2D eigenvalue weighted by atomic mass is 10.00. The van der Waals surface area contributed by atoms with E-state index in [1.165, 1.54) is 12.1 Å². The average Bonchev–Trinajstić information content (AvgIpc) is 3.24. The third-order valence-electron chi connectivity index (χ3n) is 5.52. The van der Waals surface area contributed by atoms with Crippen molar-refractivity contribution in [3.05, 3.63) is 101 Å². The highest BCUT2D eigenvalue weighted by molar-refractivity contribution is 6.10. The molecule has 2 aromatic carbocycles. The van der Waals surface area contributed by atoms with Gasteiger partial charge in [-0.1, -0.05) is 12.1 Å². The van der Waals surface area contributed by atoms with Crippen LogP contribution in [0.1, 0.15) is 41.3 Å². The highest BCUT2D eigenvalue weighted by atomic mass is 19.1. The average molecular weight is 403 g/mol. The van der Waals surface area contributed by atoms with Gasteiger partial charge in [-0.25, -0.2) is 8.78 Å². The summed E-state index contributed by atoms with van der Waals surface area (Å²) in [6.07, 6.45) is 6.94. The van der Waals surface area contributed by atoms with Gasteiger partial charge in [-0.3, -0.25) is 4.98 Å². The molecule has 1 fully saturated rings. The molecule has 0 radical (unpaired) electrons. The molecule has 3 aromatic rings. The smallest absolute Gasteiger partial charge is 0.128 e. The number of benzene rings is 2. The van der Waals surface area contributed by atoms with Gasteiger partial charge in [0.1, 0.15) is 11.6 Å². The van der Waals surface area contributed by atoms with Crippen molar-refractivity contribution in [1.82, 2.24) is 4.98 Å². The van der Waals surface area contributed by atoms with Gasteiger partial charge in [0.05, 0.1) is 17.4 Å². The molecule has 0 saturated carbocycles. The minimum absolute atomic E-state index is 0.213. The number of pyridine rings is 1. The van der Waals surface area contributed by atoms with Crippen LogP contribution >= 0.6 is 0 Å². The lowest BCUT2D eigenvalue weighted by Gasteiger charge is -2.28. The fourth-order valence-electron chi connectivity index (χ4n) is 3.98. The van der Waals surface area contributed by atoms with Crippen LogP contribution < -0.4 is 4.90 Å². The second kappa shape index (κ2) is 8.57. The molecule has 1 aliphatic heterocycles. The van der Waals surface area contributed by atoms with Crippen molar-refractivity contribution in [2.24, 2.45) is 0 Å². The molecular formula is C25H23F2N3. The summed E-state index contributed by atoms with van der Waals surface area (Å²) in [4.78, 5) is 6.36. The van der Waals surface area contributed by atoms with Gasteiger partial charge in [0, 0.05) is 29.6 Å². The lowest BCUT2D eigenvalue weighted by Crippen LogP contribution is -2.23. The number of hydrogen-bond donors (Lipinski definition) is 1. The third kappa shape index (κ3) is 4.15. The first-order chi connectivity index (χ1) is 14.5. The number of allylic oxidation sites excluding steroid dienone is 1. The Morgan fingerprint density at radius 1 is 1.13 bits per heavy atom. The van der Waals surface area contributed by atoms with Crippen molar-refractivity contribution in [2.75, 3.05) is 11.4 Å². The standard InChI is InChI=1S/C25H23F2N3/c1-17-7-10-20(16-21(17)24(28)12-9-19-5-2-3-13-29-19)30-14-4-6-25(30)22-15-18(26)8-11-23(22)27/h2-3,5,7-13,15-16,25,28H,4,6,14H2,1H3/b12-9+,28-24?/t25-/m1/s1. The monoisotopic (exact) mass is 403 g/mol. The van der Waals surface area contributed by atoms with Crippen molar-refractivity contribution < 1.29 is 8.78 Å². The van der Waals surface area contributed by atoms with Crippen molar-refractivity contribution in [3.63, 3.8) is 0 Å². The lowest BCUT2D eigenvalue weighted by molar-refractivity contribution is 0.561. The van der Waals surface area contributed by atoms with E-state index in [0.29, 0.717) is 11.3 Å². The highest BCUT2D eigenvalue weighted by Crippen LogP contribution is 2.38. The van der Waals surface area contributed by atoms with Gasteiger partial charge in [0.25, 0.3) is 0 Å². The molecule has 1 N–H and O–H groups in total. The zero-order chi connectivity index (χ0) is 21.1. The number of nitrogens with zero attached hydrogens (tertiary/aromatic N) is 2. The van der Waals surface area contributed by atoms with E-state index in [1.54, 1.807) is 12.3 Å². The highest BCUT2D eigenvalue weighted by Gasteiger charge is 2.29. The van der Waals surface area contributed by atoms with E-state index in [-0.39, 0.29) is 11.9 Å². The van der Waals surface area contributed by atoms with E-state index >= 15 is 0 Å². The number of aromatic nitrogens is 1. The fourth-order valence-corrected chi connectivity index (χ4v) is 3.98. The molecule has 0 unspecified atom stereocenters. The molecule has 1 atom stereocenters. The summed E-state index contributed by atoms with van der Waals surface area (Å²) in [7, 11) is 0. The minimum atomic E-state index is -0.427. The topological polar surface area (TPSA) is 40.0 Å². The fraction of sp³-hybridized carbons (Fsp3) is 0.200. The Hall–Kier alpha value is -3.34. The normalized spacial score (nSPS) is 16.4. The van der Waals surface area contributed by atoms with Crippen LogP contribution in [-0.4, -0.2) is 17.2 Å². The summed E-state index contributed by atoms with van der Waals surface area (Å²) in [6, 6.07) is 15.0. The van der Waals surface area contributed by atoms with Crippen LogP contribution in [0.5, 0.6) is 0 Å². The quantitative estimate of drug-likeness (QED) is 0.524. The Balaban J connectivity index is 1.63. The van der Waals surface area contributed by atoms with Crippen LogP contribution in [0.2, 0.25) is 0 Å². The summed E-state index contributed by atoms with van der Waals surface area (Å²) in [5, 5.41) is 8.52. The molecule has 152 valence electrons. The van der Waals surface area contributed by atoms with Gasteiger partial charge in [-0.2, -0.15) is 0 Å². The SMILES string of the molecule is Cc1ccc(N2CCC[C@@H]2c2cc(F)ccc2F)cc1C(=N)/C=C/c1ccccn1. The predicted octanol–water partition coefficient (Wildman–Crippen LogP) is 6.09. The number of anilines is 1. The summed E-state index contributed by atoms with van der Waals surface area (Å²) in [5.74, 6) is -0.809. The van der Waals surface area contributed by atoms with Crippen LogP contribution in [0.15, 0.2) is 66.9 Å². The molecule has 0 spiro atoms. The van der Waals surface area contributed by atoms with Gasteiger partial charge in [-0.05, 0) is 79.9 Å². The Kier molecular flexibility index (Phi) is 5.70. The number of rotatable bonds is 5. The van der Waals surface area contributed by atoms with Crippen LogP contribution in [-0.2, 0) is 0 Å². The van der Waals surface area contributed by atoms with Gasteiger partial charge in [0.2, 0.25) is 0 Å². The van der Waals surface area contributed by atoms with E-state index in [0.717, 1.165) is 48.0 Å². The Labute approximate surface area is 175 Å². The van der Waals surface area contributed by atoms with Gasteiger partial charge >= 0.3 is 0 Å². The summed E-state index contributed by atoms with van der Waals surface area (Å²) < 4.78 is 28.2. The molecule has 1 saturated heterocycles. The molecule has 0 amide bonds. The van der Waals surface area contributed by atoms with Crippen molar-refractivity contribution in [3.8, 4) is 0 Å². The zero-order valence-corrected chi connectivity index (χ0v) is 16.8. The first-order valence-electron chi connectivity index (χ1n) is 10.0. The second-order valence-corrected chi connectivity index (χ2v) is 7.52. The number of nitrogens with one attached hydrogen (secondary N) is 1. The molecule has 3 nitrogen and oxygen atoms in total. The largest absolute Gasteiger partial charge is 0.364 e. The van der Waals surface area contributed by atoms with E-state index in [1.807, 2.05) is 49.4 Å². The molecule has 5 heteroatoms. The predicted molar refractivity (Wildman–Crippen MR) is 117 cm³/mol. The molecule has 4 rings (SSSR count). The van der Waals surface area contributed by atoms with Crippen molar-refractivity contribution >= 4 is 17.5 Å². The zero-order valence-electron chi connectivity index (χ0n) is 16.8. The maximum Gasteiger partial charge on any atom is 0.128 e. The third-order valence-corrected chi connectivity index (χ3v) is 5.52. The first-order valence-corrected chi connectivity index (χ1v) is 10.0. The minimum Gasteiger partial charge on any atom is -0.364 e. The van der Waals surface area contributed by atoms with E-state index in [4.69, 9.17) is 5.41 Å². The van der Waals surface area contributed by atoms with Crippen LogP contribution in [0.4, 0.5) is 14.5 Å². The van der Waals surface area contributed by atoms with E-state index < -0.39 is 5.82 Å². The Morgan fingerprint density at radius 2 is 2.00 bits per heavy atom. The molecule has 0 bridgehead atoms. The van der Waals surface area contributed by atoms with E-state index in [9.17, 15) is 8.78 Å². The summed E-state index contributed by atoms with van der Waals surface area (Å²) in [5.41, 5.74) is 4.27. The number of halogens is 2. The summed E-state index contributed by atoms with van der Waals surface area (Å²) >= 11 is 0. The van der Waals surface area contributed by atoms with Crippen LogP contribution in [0.25, 0.3) is 6.08 Å². The van der Waals surface area contributed by atoms with E-state index in [2.05, 4.69) is 9.88 Å². The van der Waals surface area contributed by atoms with Crippen molar-refractivity contribution in [1.29, 1.82) is 5.41 Å². The molecular weight excluding hydrogens is 380 g/mol. The Bertz CT molecular complexity index is 1090. The number of aryl methyl sites for hydroxylation is 1. The van der Waals surface area contributed by atoms with Gasteiger partial charge < -0.3 is 10.3 Å². The van der Waals surface area contributed by atoms with Gasteiger partial charge in [0.15, 0.2) is 0 Å². The van der Waals surface area contributed by atoms with Crippen LogP contribution in [0.3, 0.4) is 0 Å². The number of hydrogen-bond acceptors (Lipinski definition) is 3. The van der Waals surface area contributed by atoms with Crippen LogP contribution in [0, 0.1) is 24.0 Å². The molecule has 1 aromatic heterocycles. The maximum absolute atomic E-state index is 14.4. The molecule has 1 aliphatic rings. The van der Waals surface area contributed by atoms with Gasteiger partial charge in [-0.15, -0.1) is 0 Å². The maximum atomic E-state index is 14.4.